The van der Waals surface area contributed by atoms with Crippen molar-refractivity contribution in [1.29, 1.82) is 0 Å². The molecule has 1 fully saturated rings. The molecule has 0 aromatic rings. The van der Waals surface area contributed by atoms with Crippen LogP contribution in [-0.2, 0) is 0 Å². The van der Waals surface area contributed by atoms with Crippen LogP contribution in [0.1, 0.15) is 53.4 Å². The van der Waals surface area contributed by atoms with E-state index in [-0.39, 0.29) is 5.54 Å². The Hall–Kier alpha value is -0.160. The van der Waals surface area contributed by atoms with E-state index in [1.54, 1.807) is 0 Å². The van der Waals surface area contributed by atoms with Crippen molar-refractivity contribution < 1.29 is 0 Å². The summed E-state index contributed by atoms with van der Waals surface area (Å²) >= 11 is 0. The number of rotatable bonds is 8. The molecule has 0 aliphatic carbocycles. The molecule has 0 radical (unpaired) electrons. The maximum Gasteiger partial charge on any atom is 0.0281 e. The maximum absolute atomic E-state index is 6.22. The van der Waals surface area contributed by atoms with Gasteiger partial charge in [0, 0.05) is 50.3 Å². The summed E-state index contributed by atoms with van der Waals surface area (Å²) in [6, 6.07) is 0.637. The molecule has 0 bridgehead atoms. The molecule has 120 valence electrons. The molecule has 4 N–H and O–H groups in total. The average molecular weight is 284 g/mol. The first kappa shape index (κ1) is 17.9. The van der Waals surface area contributed by atoms with E-state index in [2.05, 4.69) is 37.5 Å². The van der Waals surface area contributed by atoms with Crippen LogP contribution >= 0.6 is 0 Å². The smallest absolute Gasteiger partial charge is 0.0281 e. The average Bonchev–Trinajstić information content (AvgIpc) is 2.32. The first-order valence-electron chi connectivity index (χ1n) is 8.37. The van der Waals surface area contributed by atoms with E-state index >= 15 is 0 Å². The number of nitrogens with two attached hydrogens (primary N) is 2. The lowest BCUT2D eigenvalue weighted by molar-refractivity contribution is 0.0129. The molecule has 1 aliphatic rings. The summed E-state index contributed by atoms with van der Waals surface area (Å²) in [5.41, 5.74) is 12.6. The van der Waals surface area contributed by atoms with Crippen LogP contribution in [0.15, 0.2) is 0 Å². The van der Waals surface area contributed by atoms with Gasteiger partial charge < -0.3 is 11.5 Å². The van der Waals surface area contributed by atoms with Crippen molar-refractivity contribution in [2.24, 2.45) is 11.5 Å². The van der Waals surface area contributed by atoms with Gasteiger partial charge in [-0.05, 0) is 26.7 Å². The molecular formula is C16H36N4. The van der Waals surface area contributed by atoms with E-state index in [1.807, 2.05) is 0 Å². The summed E-state index contributed by atoms with van der Waals surface area (Å²) in [5, 5.41) is 0. The number of hydrogen-bond donors (Lipinski definition) is 2. The molecule has 4 nitrogen and oxygen atoms in total. The second-order valence-corrected chi connectivity index (χ2v) is 7.09. The van der Waals surface area contributed by atoms with Crippen LogP contribution in [0, 0.1) is 0 Å². The van der Waals surface area contributed by atoms with Crippen molar-refractivity contribution in [2.75, 3.05) is 32.7 Å². The van der Waals surface area contributed by atoms with Gasteiger partial charge in [-0.3, -0.25) is 9.80 Å². The Morgan fingerprint density at radius 2 is 1.50 bits per heavy atom. The standard InChI is InChI=1S/C16H36N4/c1-5-7-14(17)11-19-9-10-20(16(3,4)13-19)12-15(18)8-6-2/h14-15H,5-13,17-18H2,1-4H3. The normalized spacial score (nSPS) is 23.7. The molecule has 0 aromatic carbocycles. The lowest BCUT2D eigenvalue weighted by Crippen LogP contribution is -2.62. The van der Waals surface area contributed by atoms with Crippen molar-refractivity contribution in [1.82, 2.24) is 9.80 Å². The lowest BCUT2D eigenvalue weighted by Gasteiger charge is -2.48. The van der Waals surface area contributed by atoms with Gasteiger partial charge in [0.15, 0.2) is 0 Å². The highest BCUT2D eigenvalue weighted by atomic mass is 15.3. The minimum Gasteiger partial charge on any atom is -0.327 e. The Morgan fingerprint density at radius 1 is 0.950 bits per heavy atom. The number of nitrogens with zero attached hydrogens (tertiary/aromatic N) is 2. The Balaban J connectivity index is 2.45. The minimum atomic E-state index is 0.204. The first-order valence-corrected chi connectivity index (χ1v) is 8.37. The van der Waals surface area contributed by atoms with Crippen LogP contribution in [0.25, 0.3) is 0 Å². The topological polar surface area (TPSA) is 58.5 Å². The third kappa shape index (κ3) is 5.68. The second kappa shape index (κ2) is 8.32. The van der Waals surface area contributed by atoms with Gasteiger partial charge in [0.2, 0.25) is 0 Å². The molecule has 1 rings (SSSR count). The molecule has 1 heterocycles. The molecule has 2 unspecified atom stereocenters. The molecule has 0 saturated carbocycles. The van der Waals surface area contributed by atoms with Gasteiger partial charge in [-0.25, -0.2) is 0 Å². The summed E-state index contributed by atoms with van der Waals surface area (Å²) in [7, 11) is 0. The van der Waals surface area contributed by atoms with E-state index in [1.165, 1.54) is 12.8 Å². The van der Waals surface area contributed by atoms with E-state index in [0.717, 1.165) is 45.6 Å². The third-order valence-corrected chi connectivity index (χ3v) is 4.42. The summed E-state index contributed by atoms with van der Waals surface area (Å²) < 4.78 is 0. The van der Waals surface area contributed by atoms with E-state index in [4.69, 9.17) is 11.5 Å². The molecule has 4 heteroatoms. The molecule has 0 amide bonds. The van der Waals surface area contributed by atoms with Crippen LogP contribution in [-0.4, -0.2) is 60.1 Å². The van der Waals surface area contributed by atoms with Crippen LogP contribution in [0.2, 0.25) is 0 Å². The van der Waals surface area contributed by atoms with Gasteiger partial charge in [-0.15, -0.1) is 0 Å². The van der Waals surface area contributed by atoms with E-state index in [0.29, 0.717) is 12.1 Å². The van der Waals surface area contributed by atoms with E-state index < -0.39 is 0 Å². The van der Waals surface area contributed by atoms with Crippen LogP contribution in [0.4, 0.5) is 0 Å². The fraction of sp³-hybridized carbons (Fsp3) is 1.00. The lowest BCUT2D eigenvalue weighted by atomic mass is 9.96. The Labute approximate surface area is 125 Å². The quantitative estimate of drug-likeness (QED) is 0.711. The van der Waals surface area contributed by atoms with Crippen molar-refractivity contribution in [3.05, 3.63) is 0 Å². The zero-order valence-electron chi connectivity index (χ0n) is 14.1. The Bertz CT molecular complexity index is 267. The summed E-state index contributed by atoms with van der Waals surface area (Å²) in [6.45, 7) is 14.5. The van der Waals surface area contributed by atoms with Gasteiger partial charge in [0.25, 0.3) is 0 Å². The second-order valence-electron chi connectivity index (χ2n) is 7.09. The van der Waals surface area contributed by atoms with Gasteiger partial charge >= 0.3 is 0 Å². The zero-order valence-corrected chi connectivity index (χ0v) is 14.1. The van der Waals surface area contributed by atoms with Gasteiger partial charge in [-0.1, -0.05) is 26.7 Å². The molecule has 1 saturated heterocycles. The van der Waals surface area contributed by atoms with E-state index in [9.17, 15) is 0 Å². The fourth-order valence-corrected chi connectivity index (χ4v) is 3.32. The molecular weight excluding hydrogens is 248 g/mol. The zero-order chi connectivity index (χ0) is 15.2. The monoisotopic (exact) mass is 284 g/mol. The number of piperazine rings is 1. The van der Waals surface area contributed by atoms with Crippen molar-refractivity contribution in [3.63, 3.8) is 0 Å². The van der Waals surface area contributed by atoms with Gasteiger partial charge in [-0.2, -0.15) is 0 Å². The van der Waals surface area contributed by atoms with Crippen molar-refractivity contribution in [2.45, 2.75) is 71.0 Å². The summed E-state index contributed by atoms with van der Waals surface area (Å²) in [6.07, 6.45) is 4.60. The van der Waals surface area contributed by atoms with Crippen LogP contribution in [0.3, 0.4) is 0 Å². The highest BCUT2D eigenvalue weighted by Gasteiger charge is 2.34. The molecule has 0 spiro atoms. The van der Waals surface area contributed by atoms with Crippen molar-refractivity contribution in [3.8, 4) is 0 Å². The Morgan fingerprint density at radius 3 is 2.00 bits per heavy atom. The largest absolute Gasteiger partial charge is 0.327 e. The SMILES string of the molecule is CCCC(N)CN1CCN(CC(N)CCC)C(C)(C)C1. The summed E-state index contributed by atoms with van der Waals surface area (Å²) in [5.74, 6) is 0. The Kier molecular flexibility index (Phi) is 7.45. The molecule has 20 heavy (non-hydrogen) atoms. The number of hydrogen-bond acceptors (Lipinski definition) is 4. The third-order valence-electron chi connectivity index (χ3n) is 4.42. The fourth-order valence-electron chi connectivity index (χ4n) is 3.32. The molecule has 2 atom stereocenters. The minimum absolute atomic E-state index is 0.204. The summed E-state index contributed by atoms with van der Waals surface area (Å²) in [4.78, 5) is 5.09. The van der Waals surface area contributed by atoms with Crippen molar-refractivity contribution >= 4 is 0 Å². The van der Waals surface area contributed by atoms with Crippen LogP contribution in [0.5, 0.6) is 0 Å². The van der Waals surface area contributed by atoms with Gasteiger partial charge in [0.1, 0.15) is 0 Å². The predicted octanol–water partition coefficient (Wildman–Crippen LogP) is 1.64. The molecule has 1 aliphatic heterocycles. The highest BCUT2D eigenvalue weighted by molar-refractivity contribution is 4.92. The predicted molar refractivity (Wildman–Crippen MR) is 87.9 cm³/mol. The van der Waals surface area contributed by atoms with Crippen LogP contribution < -0.4 is 11.5 Å². The van der Waals surface area contributed by atoms with Gasteiger partial charge in [0.05, 0.1) is 0 Å². The highest BCUT2D eigenvalue weighted by Crippen LogP contribution is 2.21. The first-order chi connectivity index (χ1) is 9.39. The maximum atomic E-state index is 6.22. The molecule has 0 aromatic heterocycles.